The monoisotopic (exact) mass is 800 g/mol. The molecular weight excluding hydrogens is 763 g/mol. The molecule has 16 nitrogen and oxygen atoms in total. The highest BCUT2D eigenvalue weighted by atomic mass is 35.5. The molecule has 2 aliphatic heterocycles. The predicted octanol–water partition coefficient (Wildman–Crippen LogP) is 4.38. The Hall–Kier alpha value is -4.49. The van der Waals surface area contributed by atoms with Crippen LogP contribution in [0.5, 0.6) is 5.75 Å². The molecule has 2 fully saturated rings. The van der Waals surface area contributed by atoms with E-state index in [2.05, 4.69) is 29.2 Å². The number of nitrogens with zero attached hydrogens (tertiary/aromatic N) is 8. The second kappa shape index (κ2) is 15.7. The minimum Gasteiger partial charge on any atom is -0.491 e. The van der Waals surface area contributed by atoms with Gasteiger partial charge in [-0.05, 0) is 74.5 Å². The normalized spacial score (nSPS) is 20.3. The van der Waals surface area contributed by atoms with Crippen molar-refractivity contribution < 1.29 is 31.4 Å². The fraction of sp³-hybridized carbons (Fsp3) is 0.371. The highest BCUT2D eigenvalue weighted by Gasteiger charge is 2.45. The molecule has 0 radical (unpaired) electrons. The van der Waals surface area contributed by atoms with Crippen LogP contribution in [0.3, 0.4) is 0 Å². The number of rotatable bonds is 13. The average molecular weight is 802 g/mol. The van der Waals surface area contributed by atoms with E-state index in [-0.39, 0.29) is 19.3 Å². The minimum absolute atomic E-state index is 0.243. The molecule has 3 aromatic carbocycles. The number of halogens is 2. The van der Waals surface area contributed by atoms with Crippen LogP contribution in [-0.2, 0) is 36.4 Å². The molecule has 0 amide bonds. The summed E-state index contributed by atoms with van der Waals surface area (Å²) in [6.45, 7) is 7.02. The zero-order valence-electron chi connectivity index (χ0n) is 29.3. The van der Waals surface area contributed by atoms with Gasteiger partial charge in [0.15, 0.2) is 0 Å². The highest BCUT2D eigenvalue weighted by molar-refractivity contribution is 7.80. The summed E-state index contributed by atoms with van der Waals surface area (Å²) in [5.41, 5.74) is 2.89. The van der Waals surface area contributed by atoms with Gasteiger partial charge in [0.05, 0.1) is 29.5 Å². The van der Waals surface area contributed by atoms with E-state index in [1.165, 1.54) is 24.1 Å². The largest absolute Gasteiger partial charge is 0.491 e. The molecule has 2 aliphatic rings. The molecule has 54 heavy (non-hydrogen) atoms. The number of hydrogen-bond acceptors (Lipinski definition) is 12. The predicted molar refractivity (Wildman–Crippen MR) is 200 cm³/mol. The number of hydrogen-bond donors (Lipinski definition) is 1. The van der Waals surface area contributed by atoms with Crippen molar-refractivity contribution in [3.63, 3.8) is 0 Å². The summed E-state index contributed by atoms with van der Waals surface area (Å²) >= 11 is 12.7. The number of aromatic nitrogens is 6. The smallest absolute Gasteiger partial charge is 0.397 e. The van der Waals surface area contributed by atoms with Gasteiger partial charge in [0.1, 0.15) is 44.0 Å². The zero-order valence-corrected chi connectivity index (χ0v) is 31.6. The van der Waals surface area contributed by atoms with E-state index in [9.17, 15) is 13.2 Å². The molecule has 2 aromatic heterocycles. The third kappa shape index (κ3) is 8.42. The van der Waals surface area contributed by atoms with E-state index >= 15 is 0 Å². The van der Waals surface area contributed by atoms with Crippen LogP contribution in [0.4, 0.5) is 11.4 Å². The maximum absolute atomic E-state index is 13.0. The van der Waals surface area contributed by atoms with Gasteiger partial charge in [0, 0.05) is 48.1 Å². The summed E-state index contributed by atoms with van der Waals surface area (Å²) in [6, 6.07) is 20.0. The third-order valence-corrected chi connectivity index (χ3v) is 10.6. The molecule has 0 spiro atoms. The Morgan fingerprint density at radius 3 is 2.19 bits per heavy atom. The van der Waals surface area contributed by atoms with Gasteiger partial charge in [-0.1, -0.05) is 29.3 Å². The first-order valence-corrected chi connectivity index (χ1v) is 19.2. The van der Waals surface area contributed by atoms with Crippen molar-refractivity contribution >= 4 is 45.0 Å². The molecule has 1 N–H and O–H groups in total. The van der Waals surface area contributed by atoms with Crippen molar-refractivity contribution in [2.24, 2.45) is 0 Å². The minimum atomic E-state index is -4.67. The van der Waals surface area contributed by atoms with E-state index in [0.29, 0.717) is 33.7 Å². The summed E-state index contributed by atoms with van der Waals surface area (Å²) in [7, 11) is -4.67. The van der Waals surface area contributed by atoms with Crippen LogP contribution in [0.15, 0.2) is 90.5 Å². The quantitative estimate of drug-likeness (QED) is 0.167. The van der Waals surface area contributed by atoms with Crippen molar-refractivity contribution in [2.45, 2.75) is 44.4 Å². The Morgan fingerprint density at radius 1 is 0.926 bits per heavy atom. The molecule has 0 unspecified atom stereocenters. The van der Waals surface area contributed by atoms with E-state index in [0.717, 1.165) is 42.2 Å². The van der Waals surface area contributed by atoms with Gasteiger partial charge in [0.25, 0.3) is 0 Å². The van der Waals surface area contributed by atoms with Gasteiger partial charge in [-0.3, -0.25) is 4.55 Å². The van der Waals surface area contributed by atoms with E-state index < -0.39 is 34.0 Å². The molecule has 0 bridgehead atoms. The Kier molecular flexibility index (Phi) is 11.0. The Morgan fingerprint density at radius 2 is 1.57 bits per heavy atom. The molecule has 4 atom stereocenters. The Bertz CT molecular complexity index is 2210. The lowest BCUT2D eigenvalue weighted by molar-refractivity contribution is -0.190. The van der Waals surface area contributed by atoms with Crippen LogP contribution >= 0.6 is 23.2 Å². The fourth-order valence-electron chi connectivity index (χ4n) is 6.52. The number of benzene rings is 3. The fourth-order valence-corrected chi connectivity index (χ4v) is 7.61. The third-order valence-electron chi connectivity index (χ3n) is 9.48. The van der Waals surface area contributed by atoms with Crippen LogP contribution in [0, 0.1) is 0 Å². The molecule has 4 heterocycles. The van der Waals surface area contributed by atoms with Crippen molar-refractivity contribution in [3.8, 4) is 11.4 Å². The first-order valence-electron chi connectivity index (χ1n) is 17.1. The van der Waals surface area contributed by atoms with Gasteiger partial charge < -0.3 is 24.0 Å². The van der Waals surface area contributed by atoms with Crippen LogP contribution in [-0.4, -0.2) is 93.7 Å². The van der Waals surface area contributed by atoms with Gasteiger partial charge in [0.2, 0.25) is 5.79 Å². The molecule has 0 aliphatic carbocycles. The summed E-state index contributed by atoms with van der Waals surface area (Å²) < 4.78 is 58.7. The summed E-state index contributed by atoms with van der Waals surface area (Å²) in [6.07, 6.45) is 3.03. The molecule has 19 heteroatoms. The SMILES string of the molecule is C[C@H](OS(=O)(=O)O)[C@@H](C)n1ncn(-c2ccc(N3CCN(c4ccc(OC[C@@H]5CO[C@@](Cn6cncn6)(c6ccc(Cl)cc6Cl)O5)cc4)CC3)cc2)c1=O. The lowest BCUT2D eigenvalue weighted by atomic mass is 10.1. The van der Waals surface area contributed by atoms with Gasteiger partial charge >= 0.3 is 16.1 Å². The second-order valence-corrected chi connectivity index (χ2v) is 14.9. The van der Waals surface area contributed by atoms with E-state index in [1.807, 2.05) is 48.5 Å². The van der Waals surface area contributed by atoms with Crippen LogP contribution in [0.25, 0.3) is 5.69 Å². The van der Waals surface area contributed by atoms with Crippen LogP contribution in [0.1, 0.15) is 25.5 Å². The van der Waals surface area contributed by atoms with Crippen LogP contribution < -0.4 is 20.2 Å². The number of piperazine rings is 1. The van der Waals surface area contributed by atoms with Crippen molar-refractivity contribution in [1.82, 2.24) is 29.1 Å². The van der Waals surface area contributed by atoms with Crippen molar-refractivity contribution in [3.05, 3.63) is 112 Å². The van der Waals surface area contributed by atoms with E-state index in [4.69, 9.17) is 42.0 Å². The lowest BCUT2D eigenvalue weighted by Gasteiger charge is -2.37. The number of ether oxygens (including phenoxy) is 3. The Labute approximate surface area is 321 Å². The maximum atomic E-state index is 13.0. The first-order chi connectivity index (χ1) is 25.9. The molecule has 7 rings (SSSR count). The molecular formula is C35H38Cl2N8O8S. The van der Waals surface area contributed by atoms with Crippen molar-refractivity contribution in [2.75, 3.05) is 49.2 Å². The maximum Gasteiger partial charge on any atom is 0.397 e. The second-order valence-electron chi connectivity index (χ2n) is 13.0. The van der Waals surface area contributed by atoms with Crippen LogP contribution in [0.2, 0.25) is 10.0 Å². The average Bonchev–Trinajstić information content (AvgIpc) is 3.91. The molecule has 0 saturated carbocycles. The Balaban J connectivity index is 0.914. The van der Waals surface area contributed by atoms with Gasteiger partial charge in [-0.15, -0.1) is 0 Å². The van der Waals surface area contributed by atoms with Gasteiger partial charge in [-0.25, -0.2) is 27.9 Å². The van der Waals surface area contributed by atoms with E-state index in [1.54, 1.807) is 36.1 Å². The number of anilines is 2. The topological polar surface area (TPSA) is 168 Å². The zero-order chi connectivity index (χ0) is 38.0. The van der Waals surface area contributed by atoms with Crippen molar-refractivity contribution in [1.29, 1.82) is 0 Å². The standard InChI is InChI=1S/C35H38Cl2N8O8S/c1-24(25(2)53-54(47,48)49)45-34(46)44(23-40-45)29-6-4-27(5-7-29)41-13-15-42(16-14-41)28-8-10-30(11-9-28)50-18-31-19-51-35(52-31,20-43-22-38-21-39-43)32-12-3-26(36)17-33(32)37/h3-12,17,21-25,31H,13-16,18-20H2,1-2H3,(H,47,48,49)/t24-,25+,31-,35-/m1/s1. The summed E-state index contributed by atoms with van der Waals surface area (Å²) in [4.78, 5) is 21.7. The lowest BCUT2D eigenvalue weighted by Crippen LogP contribution is -2.46. The first kappa shape index (κ1) is 37.8. The summed E-state index contributed by atoms with van der Waals surface area (Å²) in [5, 5.41) is 9.28. The molecule has 5 aromatic rings. The summed E-state index contributed by atoms with van der Waals surface area (Å²) in [5.74, 6) is -0.480. The molecule has 286 valence electrons. The highest BCUT2D eigenvalue weighted by Crippen LogP contribution is 2.40. The molecule has 2 saturated heterocycles. The van der Waals surface area contributed by atoms with Gasteiger partial charge in [-0.2, -0.15) is 18.6 Å².